The van der Waals surface area contributed by atoms with Crippen LogP contribution in [0.2, 0.25) is 0 Å². The van der Waals surface area contributed by atoms with E-state index in [2.05, 4.69) is 10.6 Å². The van der Waals surface area contributed by atoms with Gasteiger partial charge in [0.05, 0.1) is 0 Å². The van der Waals surface area contributed by atoms with Crippen LogP contribution < -0.4 is 10.6 Å². The Balaban J connectivity index is 1.86. The summed E-state index contributed by atoms with van der Waals surface area (Å²) in [4.78, 5) is 0. The lowest BCUT2D eigenvalue weighted by Gasteiger charge is -2.23. The number of hydrogen-bond donors (Lipinski definition) is 2. The lowest BCUT2D eigenvalue weighted by molar-refractivity contribution is 0.388. The van der Waals surface area contributed by atoms with E-state index in [1.54, 1.807) is 6.07 Å². The topological polar surface area (TPSA) is 24.1 Å². The third kappa shape index (κ3) is 3.00. The highest BCUT2D eigenvalue weighted by Crippen LogP contribution is 2.09. The summed E-state index contributed by atoms with van der Waals surface area (Å²) in [6.07, 6.45) is 2.30. The molecular formula is C12H16F2N2. The van der Waals surface area contributed by atoms with Crippen LogP contribution in [0.5, 0.6) is 0 Å². The average Bonchev–Trinajstić information content (AvgIpc) is 2.32. The van der Waals surface area contributed by atoms with Gasteiger partial charge in [-0.2, -0.15) is 0 Å². The fourth-order valence-electron chi connectivity index (χ4n) is 1.94. The number of hydrogen-bond acceptors (Lipinski definition) is 2. The Morgan fingerprint density at radius 3 is 2.88 bits per heavy atom. The van der Waals surface area contributed by atoms with Crippen molar-refractivity contribution in [3.05, 3.63) is 35.4 Å². The predicted octanol–water partition coefficient (Wildman–Crippen LogP) is 1.81. The van der Waals surface area contributed by atoms with Crippen LogP contribution in [0.15, 0.2) is 18.2 Å². The maximum absolute atomic E-state index is 12.9. The number of rotatable bonds is 3. The largest absolute Gasteiger partial charge is 0.315 e. The van der Waals surface area contributed by atoms with E-state index in [-0.39, 0.29) is 0 Å². The molecule has 1 heterocycles. The van der Waals surface area contributed by atoms with Crippen molar-refractivity contribution in [2.24, 2.45) is 0 Å². The zero-order valence-corrected chi connectivity index (χ0v) is 9.10. The van der Waals surface area contributed by atoms with Gasteiger partial charge in [-0.3, -0.25) is 0 Å². The highest BCUT2D eigenvalue weighted by atomic mass is 19.2. The number of halogens is 2. The molecule has 1 atom stereocenters. The van der Waals surface area contributed by atoms with Gasteiger partial charge in [0.1, 0.15) is 0 Å². The van der Waals surface area contributed by atoms with Gasteiger partial charge in [0.25, 0.3) is 0 Å². The van der Waals surface area contributed by atoms with Crippen LogP contribution in [-0.4, -0.2) is 19.1 Å². The molecule has 0 aliphatic carbocycles. The number of nitrogens with one attached hydrogen (secondary N) is 2. The monoisotopic (exact) mass is 226 g/mol. The van der Waals surface area contributed by atoms with E-state index in [9.17, 15) is 8.78 Å². The number of benzene rings is 1. The maximum Gasteiger partial charge on any atom is 0.159 e. The fourth-order valence-corrected chi connectivity index (χ4v) is 1.94. The summed E-state index contributed by atoms with van der Waals surface area (Å²) in [6, 6.07) is 4.47. The highest BCUT2D eigenvalue weighted by Gasteiger charge is 2.12. The van der Waals surface area contributed by atoms with Gasteiger partial charge in [-0.25, -0.2) is 8.78 Å². The Morgan fingerprint density at radius 2 is 2.19 bits per heavy atom. The first-order valence-corrected chi connectivity index (χ1v) is 5.64. The second kappa shape index (κ2) is 5.37. The van der Waals surface area contributed by atoms with Crippen molar-refractivity contribution in [3.8, 4) is 0 Å². The molecule has 0 amide bonds. The summed E-state index contributed by atoms with van der Waals surface area (Å²) >= 11 is 0. The van der Waals surface area contributed by atoms with E-state index < -0.39 is 11.6 Å². The molecule has 2 nitrogen and oxygen atoms in total. The van der Waals surface area contributed by atoms with Gasteiger partial charge >= 0.3 is 0 Å². The van der Waals surface area contributed by atoms with E-state index in [0.717, 1.165) is 31.5 Å². The zero-order chi connectivity index (χ0) is 11.4. The van der Waals surface area contributed by atoms with Crippen molar-refractivity contribution < 1.29 is 8.78 Å². The summed E-state index contributed by atoms with van der Waals surface area (Å²) in [5.41, 5.74) is 0.782. The van der Waals surface area contributed by atoms with Crippen LogP contribution in [0.25, 0.3) is 0 Å². The first-order chi connectivity index (χ1) is 7.75. The van der Waals surface area contributed by atoms with Crippen LogP contribution in [0.4, 0.5) is 8.78 Å². The molecule has 88 valence electrons. The Bertz CT molecular complexity index is 349. The Morgan fingerprint density at radius 1 is 1.31 bits per heavy atom. The minimum Gasteiger partial charge on any atom is -0.315 e. The van der Waals surface area contributed by atoms with Crippen molar-refractivity contribution in [3.63, 3.8) is 0 Å². The lowest BCUT2D eigenvalue weighted by atomic mass is 10.1. The molecule has 1 fully saturated rings. The summed E-state index contributed by atoms with van der Waals surface area (Å²) in [5.74, 6) is -1.57. The molecule has 0 spiro atoms. The van der Waals surface area contributed by atoms with Crippen LogP contribution in [-0.2, 0) is 6.54 Å². The predicted molar refractivity (Wildman–Crippen MR) is 59.1 cm³/mol. The summed E-state index contributed by atoms with van der Waals surface area (Å²) < 4.78 is 25.6. The van der Waals surface area contributed by atoms with Gasteiger partial charge < -0.3 is 10.6 Å². The molecule has 16 heavy (non-hydrogen) atoms. The molecule has 4 heteroatoms. The highest BCUT2D eigenvalue weighted by molar-refractivity contribution is 5.17. The lowest BCUT2D eigenvalue weighted by Crippen LogP contribution is -2.42. The van der Waals surface area contributed by atoms with Gasteiger partial charge in [0.2, 0.25) is 0 Å². The van der Waals surface area contributed by atoms with Crippen LogP contribution in [0, 0.1) is 11.6 Å². The summed E-state index contributed by atoms with van der Waals surface area (Å²) in [7, 11) is 0. The molecule has 1 aliphatic rings. The van der Waals surface area contributed by atoms with E-state index >= 15 is 0 Å². The molecule has 2 N–H and O–H groups in total. The van der Waals surface area contributed by atoms with E-state index in [0.29, 0.717) is 12.6 Å². The van der Waals surface area contributed by atoms with Crippen molar-refractivity contribution >= 4 is 0 Å². The average molecular weight is 226 g/mol. The quantitative estimate of drug-likeness (QED) is 0.821. The van der Waals surface area contributed by atoms with Crippen molar-refractivity contribution in [2.45, 2.75) is 25.4 Å². The second-order valence-electron chi connectivity index (χ2n) is 4.17. The van der Waals surface area contributed by atoms with Gasteiger partial charge in [-0.1, -0.05) is 6.07 Å². The molecule has 1 aromatic rings. The van der Waals surface area contributed by atoms with Crippen molar-refractivity contribution in [2.75, 3.05) is 13.1 Å². The standard InChI is InChI=1S/C12H16F2N2/c13-11-4-3-9(6-12(11)14)7-16-10-2-1-5-15-8-10/h3-4,6,10,15-16H,1-2,5,7-8H2. The molecular weight excluding hydrogens is 210 g/mol. The zero-order valence-electron chi connectivity index (χ0n) is 9.10. The van der Waals surface area contributed by atoms with Gasteiger partial charge in [-0.05, 0) is 37.1 Å². The van der Waals surface area contributed by atoms with Crippen LogP contribution in [0.1, 0.15) is 18.4 Å². The molecule has 1 aliphatic heterocycles. The summed E-state index contributed by atoms with van der Waals surface area (Å²) in [5, 5.41) is 6.63. The van der Waals surface area contributed by atoms with Gasteiger partial charge in [-0.15, -0.1) is 0 Å². The Hall–Kier alpha value is -1.00. The fraction of sp³-hybridized carbons (Fsp3) is 0.500. The molecule has 0 saturated carbocycles. The molecule has 0 aromatic heterocycles. The minimum atomic E-state index is -0.789. The second-order valence-corrected chi connectivity index (χ2v) is 4.17. The summed E-state index contributed by atoms with van der Waals surface area (Å²) in [6.45, 7) is 2.61. The molecule has 1 unspecified atom stereocenters. The smallest absolute Gasteiger partial charge is 0.159 e. The van der Waals surface area contributed by atoms with Crippen LogP contribution >= 0.6 is 0 Å². The first kappa shape index (κ1) is 11.5. The molecule has 1 saturated heterocycles. The third-order valence-corrected chi connectivity index (χ3v) is 2.88. The Labute approximate surface area is 94.0 Å². The molecule has 2 rings (SSSR count). The number of piperidine rings is 1. The normalized spacial score (nSPS) is 21.0. The van der Waals surface area contributed by atoms with E-state index in [1.807, 2.05) is 0 Å². The SMILES string of the molecule is Fc1ccc(CNC2CCCNC2)cc1F. The molecule has 1 aromatic carbocycles. The van der Waals surface area contributed by atoms with E-state index in [1.165, 1.54) is 12.1 Å². The van der Waals surface area contributed by atoms with Crippen molar-refractivity contribution in [1.82, 2.24) is 10.6 Å². The van der Waals surface area contributed by atoms with Crippen molar-refractivity contribution in [1.29, 1.82) is 0 Å². The first-order valence-electron chi connectivity index (χ1n) is 5.64. The minimum absolute atomic E-state index is 0.432. The van der Waals surface area contributed by atoms with Gasteiger partial charge in [0, 0.05) is 19.1 Å². The van der Waals surface area contributed by atoms with Gasteiger partial charge in [0.15, 0.2) is 11.6 Å². The molecule has 0 radical (unpaired) electrons. The van der Waals surface area contributed by atoms with Crippen LogP contribution in [0.3, 0.4) is 0 Å². The third-order valence-electron chi connectivity index (χ3n) is 2.88. The Kier molecular flexibility index (Phi) is 3.85. The molecule has 0 bridgehead atoms. The maximum atomic E-state index is 12.9. The van der Waals surface area contributed by atoms with E-state index in [4.69, 9.17) is 0 Å².